The van der Waals surface area contributed by atoms with Crippen molar-refractivity contribution in [3.8, 4) is 11.4 Å². The molecule has 1 saturated carbocycles. The molecule has 0 saturated heterocycles. The van der Waals surface area contributed by atoms with Gasteiger partial charge in [0.2, 0.25) is 5.91 Å². The summed E-state index contributed by atoms with van der Waals surface area (Å²) in [6, 6.07) is 10.4. The van der Waals surface area contributed by atoms with Gasteiger partial charge in [0.1, 0.15) is 5.75 Å². The lowest BCUT2D eigenvalue weighted by Crippen LogP contribution is -2.21. The topological polar surface area (TPSA) is 56.2 Å². The van der Waals surface area contributed by atoms with Gasteiger partial charge in [0.25, 0.3) is 0 Å². The van der Waals surface area contributed by atoms with E-state index in [1.807, 2.05) is 18.2 Å². The van der Waals surface area contributed by atoms with Crippen LogP contribution >= 0.6 is 0 Å². The maximum atomic E-state index is 12.9. The van der Waals surface area contributed by atoms with E-state index in [0.29, 0.717) is 36.1 Å². The highest BCUT2D eigenvalue weighted by molar-refractivity contribution is 5.85. The van der Waals surface area contributed by atoms with E-state index in [0.717, 1.165) is 23.0 Å². The molecule has 1 aliphatic carbocycles. The van der Waals surface area contributed by atoms with E-state index < -0.39 is 11.7 Å². The second kappa shape index (κ2) is 8.01. The van der Waals surface area contributed by atoms with E-state index in [2.05, 4.69) is 10.4 Å². The molecule has 1 fully saturated rings. The van der Waals surface area contributed by atoms with Crippen LogP contribution in [0.1, 0.15) is 37.4 Å². The number of hydrogen-bond donors (Lipinski definition) is 1. The molecule has 30 heavy (non-hydrogen) atoms. The number of ether oxygens (including phenoxy) is 1. The van der Waals surface area contributed by atoms with Crippen LogP contribution < -0.4 is 10.1 Å². The third-order valence-corrected chi connectivity index (χ3v) is 5.12. The molecule has 1 amide bonds. The summed E-state index contributed by atoms with van der Waals surface area (Å²) in [7, 11) is 0. The van der Waals surface area contributed by atoms with Gasteiger partial charge in [-0.25, -0.2) is 4.68 Å². The molecule has 158 valence electrons. The number of carbonyl (C=O) groups excluding carboxylic acids is 1. The fourth-order valence-corrected chi connectivity index (χ4v) is 3.17. The second-order valence-corrected chi connectivity index (χ2v) is 7.47. The molecule has 0 atom stereocenters. The van der Waals surface area contributed by atoms with E-state index >= 15 is 0 Å². The lowest BCUT2D eigenvalue weighted by atomic mass is 10.1. The number of carbonyl (C=O) groups is 1. The number of halogens is 3. The predicted octanol–water partition coefficient (Wildman–Crippen LogP) is 4.86. The van der Waals surface area contributed by atoms with Crippen LogP contribution in [-0.2, 0) is 17.5 Å². The third kappa shape index (κ3) is 4.42. The average Bonchev–Trinajstić information content (AvgIpc) is 3.50. The van der Waals surface area contributed by atoms with Crippen LogP contribution in [0.25, 0.3) is 16.6 Å². The van der Waals surface area contributed by atoms with Crippen molar-refractivity contribution in [2.24, 2.45) is 5.92 Å². The molecule has 1 N–H and O–H groups in total. The molecule has 0 spiro atoms. The first-order valence-corrected chi connectivity index (χ1v) is 9.94. The van der Waals surface area contributed by atoms with Crippen LogP contribution in [0.4, 0.5) is 13.2 Å². The minimum atomic E-state index is -4.39. The van der Waals surface area contributed by atoms with Crippen molar-refractivity contribution >= 4 is 16.8 Å². The van der Waals surface area contributed by atoms with E-state index in [1.54, 1.807) is 11.6 Å². The van der Waals surface area contributed by atoms with Gasteiger partial charge < -0.3 is 10.1 Å². The summed E-state index contributed by atoms with van der Waals surface area (Å²) in [5.41, 5.74) is 1.15. The number of aromatic nitrogens is 2. The Morgan fingerprint density at radius 1 is 1.20 bits per heavy atom. The number of nitrogens with one attached hydrogen (secondary N) is 1. The van der Waals surface area contributed by atoms with E-state index in [1.165, 1.54) is 25.0 Å². The lowest BCUT2D eigenvalue weighted by Gasteiger charge is -2.09. The standard InChI is InChI=1S/C22H22F3N3O2/c1-2-21(29)26-12-19-18-11-17(30-13-14-3-4-14)9-10-20(18)28(27-19)16-7-5-15(6-8-16)22(23,24)25/h5-11,14H,2-4,12-13H2,1H3,(H,26,29). The van der Waals surface area contributed by atoms with Crippen molar-refractivity contribution in [3.63, 3.8) is 0 Å². The van der Waals surface area contributed by atoms with Crippen molar-refractivity contribution < 1.29 is 22.7 Å². The number of nitrogens with zero attached hydrogens (tertiary/aromatic N) is 2. The van der Waals surface area contributed by atoms with Crippen LogP contribution in [0.2, 0.25) is 0 Å². The molecule has 1 heterocycles. The Balaban J connectivity index is 1.70. The largest absolute Gasteiger partial charge is 0.493 e. The molecule has 0 radical (unpaired) electrons. The number of alkyl halides is 3. The van der Waals surface area contributed by atoms with Crippen LogP contribution in [-0.4, -0.2) is 22.3 Å². The monoisotopic (exact) mass is 417 g/mol. The molecule has 5 nitrogen and oxygen atoms in total. The fourth-order valence-electron chi connectivity index (χ4n) is 3.17. The molecule has 1 aromatic heterocycles. The van der Waals surface area contributed by atoms with Gasteiger partial charge in [-0.15, -0.1) is 0 Å². The Morgan fingerprint density at radius 2 is 1.93 bits per heavy atom. The van der Waals surface area contributed by atoms with E-state index in [9.17, 15) is 18.0 Å². The van der Waals surface area contributed by atoms with E-state index in [-0.39, 0.29) is 12.5 Å². The maximum absolute atomic E-state index is 12.9. The van der Waals surface area contributed by atoms with Gasteiger partial charge in [-0.1, -0.05) is 6.92 Å². The lowest BCUT2D eigenvalue weighted by molar-refractivity contribution is -0.137. The van der Waals surface area contributed by atoms with Gasteiger partial charge in [0.05, 0.1) is 35.6 Å². The Labute approximate surface area is 171 Å². The number of rotatable bonds is 7. The van der Waals surface area contributed by atoms with Gasteiger partial charge in [-0.3, -0.25) is 4.79 Å². The highest BCUT2D eigenvalue weighted by atomic mass is 19.4. The van der Waals surface area contributed by atoms with Gasteiger partial charge in [-0.05, 0) is 61.2 Å². The summed E-state index contributed by atoms with van der Waals surface area (Å²) in [4.78, 5) is 11.7. The summed E-state index contributed by atoms with van der Waals surface area (Å²) in [5, 5.41) is 8.17. The summed E-state index contributed by atoms with van der Waals surface area (Å²) < 4.78 is 46.1. The van der Waals surface area contributed by atoms with Crippen LogP contribution in [0.5, 0.6) is 5.75 Å². The molecule has 3 aromatic rings. The summed E-state index contributed by atoms with van der Waals surface area (Å²) >= 11 is 0. The molecule has 0 unspecified atom stereocenters. The zero-order chi connectivity index (χ0) is 21.3. The molecule has 4 rings (SSSR count). The normalized spacial score (nSPS) is 14.1. The molecule has 0 bridgehead atoms. The number of benzene rings is 2. The quantitative estimate of drug-likeness (QED) is 0.597. The average molecular weight is 417 g/mol. The smallest absolute Gasteiger partial charge is 0.416 e. The zero-order valence-corrected chi connectivity index (χ0v) is 16.5. The van der Waals surface area contributed by atoms with Crippen molar-refractivity contribution in [1.29, 1.82) is 0 Å². The van der Waals surface area contributed by atoms with Crippen molar-refractivity contribution in [1.82, 2.24) is 15.1 Å². The van der Waals surface area contributed by atoms with Crippen molar-refractivity contribution in [3.05, 3.63) is 53.7 Å². The summed E-state index contributed by atoms with van der Waals surface area (Å²) in [6.07, 6.45) is -1.67. The molecule has 8 heteroatoms. The number of fused-ring (bicyclic) bond motifs is 1. The summed E-state index contributed by atoms with van der Waals surface area (Å²) in [6.45, 7) is 2.65. The molecule has 1 aliphatic rings. The Bertz CT molecular complexity index is 1050. The van der Waals surface area contributed by atoms with Gasteiger partial charge in [0.15, 0.2) is 0 Å². The maximum Gasteiger partial charge on any atom is 0.416 e. The SMILES string of the molecule is CCC(=O)NCc1nn(-c2ccc(C(F)(F)F)cc2)c2ccc(OCC3CC3)cc12. The van der Waals surface area contributed by atoms with Crippen LogP contribution in [0.3, 0.4) is 0 Å². The van der Waals surface area contributed by atoms with Crippen molar-refractivity contribution in [2.45, 2.75) is 38.9 Å². The van der Waals surface area contributed by atoms with Gasteiger partial charge in [-0.2, -0.15) is 18.3 Å². The number of hydrogen-bond acceptors (Lipinski definition) is 3. The van der Waals surface area contributed by atoms with Gasteiger partial charge >= 0.3 is 6.18 Å². The second-order valence-electron chi connectivity index (χ2n) is 7.47. The first-order chi connectivity index (χ1) is 14.3. The van der Waals surface area contributed by atoms with Crippen LogP contribution in [0, 0.1) is 5.92 Å². The van der Waals surface area contributed by atoms with E-state index in [4.69, 9.17) is 4.74 Å². The molecular weight excluding hydrogens is 395 g/mol. The Kier molecular flexibility index (Phi) is 5.40. The molecule has 2 aromatic carbocycles. The van der Waals surface area contributed by atoms with Gasteiger partial charge in [0, 0.05) is 11.8 Å². The van der Waals surface area contributed by atoms with Crippen molar-refractivity contribution in [2.75, 3.05) is 6.61 Å². The Morgan fingerprint density at radius 3 is 2.57 bits per heavy atom. The number of amides is 1. The van der Waals surface area contributed by atoms with Crippen LogP contribution in [0.15, 0.2) is 42.5 Å². The summed E-state index contributed by atoms with van der Waals surface area (Å²) in [5.74, 6) is 1.22. The highest BCUT2D eigenvalue weighted by Gasteiger charge is 2.30. The Hall–Kier alpha value is -3.03. The highest BCUT2D eigenvalue weighted by Crippen LogP contribution is 2.32. The minimum absolute atomic E-state index is 0.103. The first-order valence-electron chi connectivity index (χ1n) is 9.94. The molecular formula is C22H22F3N3O2. The minimum Gasteiger partial charge on any atom is -0.493 e. The first kappa shape index (κ1) is 20.3. The predicted molar refractivity (Wildman–Crippen MR) is 106 cm³/mol. The third-order valence-electron chi connectivity index (χ3n) is 5.12. The zero-order valence-electron chi connectivity index (χ0n) is 16.5. The molecule has 0 aliphatic heterocycles. The fraction of sp³-hybridized carbons (Fsp3) is 0.364.